The number of halogens is 6. The van der Waals surface area contributed by atoms with Crippen molar-refractivity contribution in [3.63, 3.8) is 0 Å². The first-order valence-electron chi connectivity index (χ1n) is 11.2. The van der Waals surface area contributed by atoms with Crippen molar-refractivity contribution in [2.24, 2.45) is 5.92 Å². The molecule has 0 radical (unpaired) electrons. The predicted octanol–water partition coefficient (Wildman–Crippen LogP) is 5.90. The quantitative estimate of drug-likeness (QED) is 0.287. The van der Waals surface area contributed by atoms with E-state index in [1.807, 2.05) is 0 Å². The van der Waals surface area contributed by atoms with Gasteiger partial charge in [-0.2, -0.15) is 31.3 Å². The van der Waals surface area contributed by atoms with E-state index in [4.69, 9.17) is 0 Å². The number of anilines is 1. The SMILES string of the molecule is O=C(C1CC1c1cncnc1)N(Cc1ccc(-c2noc(C(F)(F)F)n2)cc1)c1cccc(C(F)(F)F)c1. The number of hydrogen-bond donors (Lipinski definition) is 0. The third-order valence-corrected chi connectivity index (χ3v) is 6.09. The summed E-state index contributed by atoms with van der Waals surface area (Å²) in [6.07, 6.45) is -4.33. The van der Waals surface area contributed by atoms with E-state index in [0.717, 1.165) is 17.7 Å². The number of benzene rings is 2. The fraction of sp³-hybridized carbons (Fsp3) is 0.240. The summed E-state index contributed by atoms with van der Waals surface area (Å²) in [7, 11) is 0. The molecule has 2 heterocycles. The van der Waals surface area contributed by atoms with Crippen molar-refractivity contribution in [2.75, 3.05) is 4.90 Å². The normalized spacial score (nSPS) is 17.3. The van der Waals surface area contributed by atoms with Gasteiger partial charge in [0.15, 0.2) is 0 Å². The van der Waals surface area contributed by atoms with Gasteiger partial charge in [-0.1, -0.05) is 35.5 Å². The number of rotatable bonds is 6. The Kier molecular flexibility index (Phi) is 6.37. The van der Waals surface area contributed by atoms with Crippen LogP contribution in [-0.4, -0.2) is 26.0 Å². The van der Waals surface area contributed by atoms with Crippen molar-refractivity contribution < 1.29 is 35.7 Å². The lowest BCUT2D eigenvalue weighted by Crippen LogP contribution is -2.32. The van der Waals surface area contributed by atoms with Crippen LogP contribution in [0.2, 0.25) is 0 Å². The molecule has 1 aliphatic rings. The van der Waals surface area contributed by atoms with Crippen LogP contribution in [0.5, 0.6) is 0 Å². The van der Waals surface area contributed by atoms with E-state index in [2.05, 4.69) is 24.6 Å². The first kappa shape index (κ1) is 25.4. The van der Waals surface area contributed by atoms with Crippen LogP contribution in [0.4, 0.5) is 32.0 Å². The second-order valence-corrected chi connectivity index (χ2v) is 8.71. The summed E-state index contributed by atoms with van der Waals surface area (Å²) in [4.78, 5) is 26.0. The summed E-state index contributed by atoms with van der Waals surface area (Å²) >= 11 is 0. The average Bonchev–Trinajstić information content (AvgIpc) is 3.53. The highest BCUT2D eigenvalue weighted by Crippen LogP contribution is 2.49. The zero-order valence-electron chi connectivity index (χ0n) is 19.2. The van der Waals surface area contributed by atoms with Crippen molar-refractivity contribution in [1.29, 1.82) is 0 Å². The highest BCUT2D eigenvalue weighted by atomic mass is 19.4. The van der Waals surface area contributed by atoms with E-state index in [0.29, 0.717) is 12.0 Å². The summed E-state index contributed by atoms with van der Waals surface area (Å²) in [6.45, 7) is -0.0744. The number of carbonyl (C=O) groups is 1. The van der Waals surface area contributed by atoms with Crippen LogP contribution >= 0.6 is 0 Å². The molecular weight excluding hydrogens is 516 g/mol. The van der Waals surface area contributed by atoms with Gasteiger partial charge in [-0.25, -0.2) is 9.97 Å². The van der Waals surface area contributed by atoms with E-state index >= 15 is 0 Å². The maximum Gasteiger partial charge on any atom is 0.471 e. The van der Waals surface area contributed by atoms with Gasteiger partial charge in [-0.3, -0.25) is 4.79 Å². The number of aromatic nitrogens is 4. The third-order valence-electron chi connectivity index (χ3n) is 6.09. The largest absolute Gasteiger partial charge is 0.471 e. The first-order chi connectivity index (χ1) is 18.0. The third kappa shape index (κ3) is 5.36. The van der Waals surface area contributed by atoms with Crippen LogP contribution < -0.4 is 4.90 Å². The molecule has 2 aromatic heterocycles. The fourth-order valence-corrected chi connectivity index (χ4v) is 4.08. The number of carbonyl (C=O) groups excluding carboxylic acids is 1. The smallest absolute Gasteiger partial charge is 0.329 e. The Labute approximate surface area is 211 Å². The summed E-state index contributed by atoms with van der Waals surface area (Å²) in [6, 6.07) is 10.4. The van der Waals surface area contributed by atoms with Gasteiger partial charge in [0.2, 0.25) is 11.7 Å². The molecular formula is C25H17F6N5O2. The molecule has 1 saturated carbocycles. The number of amides is 1. The van der Waals surface area contributed by atoms with Crippen LogP contribution in [0.1, 0.15) is 34.9 Å². The Balaban J connectivity index is 1.41. The molecule has 5 rings (SSSR count). The molecule has 0 saturated heterocycles. The van der Waals surface area contributed by atoms with Gasteiger partial charge in [0.25, 0.3) is 0 Å². The zero-order valence-corrected chi connectivity index (χ0v) is 19.2. The number of hydrogen-bond acceptors (Lipinski definition) is 6. The average molecular weight is 533 g/mol. The van der Waals surface area contributed by atoms with Crippen molar-refractivity contribution in [2.45, 2.75) is 31.2 Å². The van der Waals surface area contributed by atoms with Crippen LogP contribution in [-0.2, 0) is 23.7 Å². The van der Waals surface area contributed by atoms with E-state index < -0.39 is 29.7 Å². The predicted molar refractivity (Wildman–Crippen MR) is 120 cm³/mol. The van der Waals surface area contributed by atoms with Gasteiger partial charge in [0.1, 0.15) is 6.33 Å². The first-order valence-corrected chi connectivity index (χ1v) is 11.2. The molecule has 13 heteroatoms. The van der Waals surface area contributed by atoms with Gasteiger partial charge in [0, 0.05) is 29.6 Å². The van der Waals surface area contributed by atoms with Gasteiger partial charge in [-0.15, -0.1) is 0 Å². The maximum absolute atomic E-state index is 13.5. The van der Waals surface area contributed by atoms with Crippen LogP contribution in [0.25, 0.3) is 11.4 Å². The highest BCUT2D eigenvalue weighted by Gasteiger charge is 2.46. The van der Waals surface area contributed by atoms with E-state index in [9.17, 15) is 31.1 Å². The molecule has 1 aliphatic carbocycles. The second-order valence-electron chi connectivity index (χ2n) is 8.71. The summed E-state index contributed by atoms with van der Waals surface area (Å²) in [5, 5.41) is 3.33. The van der Waals surface area contributed by atoms with E-state index in [-0.39, 0.29) is 35.4 Å². The summed E-state index contributed by atoms with van der Waals surface area (Å²) in [5.74, 6) is -2.74. The Morgan fingerprint density at radius 3 is 2.32 bits per heavy atom. The molecule has 0 N–H and O–H groups in total. The molecule has 196 valence electrons. The Morgan fingerprint density at radius 2 is 1.68 bits per heavy atom. The molecule has 7 nitrogen and oxygen atoms in total. The monoisotopic (exact) mass is 533 g/mol. The van der Waals surface area contributed by atoms with E-state index in [1.165, 1.54) is 47.6 Å². The maximum atomic E-state index is 13.5. The molecule has 38 heavy (non-hydrogen) atoms. The Morgan fingerprint density at radius 1 is 0.974 bits per heavy atom. The zero-order chi connectivity index (χ0) is 27.1. The molecule has 2 unspecified atom stereocenters. The minimum atomic E-state index is -4.79. The summed E-state index contributed by atoms with van der Waals surface area (Å²) in [5.41, 5.74) is 0.689. The van der Waals surface area contributed by atoms with Gasteiger partial charge in [-0.05, 0) is 41.7 Å². The van der Waals surface area contributed by atoms with Gasteiger partial charge < -0.3 is 9.42 Å². The van der Waals surface area contributed by atoms with Crippen LogP contribution in [0.15, 0.2) is 71.8 Å². The van der Waals surface area contributed by atoms with Crippen LogP contribution in [0, 0.1) is 5.92 Å². The highest BCUT2D eigenvalue weighted by molar-refractivity contribution is 5.97. The number of nitrogens with zero attached hydrogens (tertiary/aromatic N) is 5. The van der Waals surface area contributed by atoms with Crippen molar-refractivity contribution in [3.8, 4) is 11.4 Å². The summed E-state index contributed by atoms with van der Waals surface area (Å²) < 4.78 is 82.7. The molecule has 1 fully saturated rings. The second kappa shape index (κ2) is 9.54. The van der Waals surface area contributed by atoms with Gasteiger partial charge in [0.05, 0.1) is 12.1 Å². The molecule has 0 aliphatic heterocycles. The minimum absolute atomic E-state index is 0.0665. The molecule has 0 bridgehead atoms. The van der Waals surface area contributed by atoms with E-state index in [1.54, 1.807) is 12.4 Å². The van der Waals surface area contributed by atoms with Crippen LogP contribution in [0.3, 0.4) is 0 Å². The van der Waals surface area contributed by atoms with Gasteiger partial charge >= 0.3 is 18.2 Å². The van der Waals surface area contributed by atoms with Crippen molar-refractivity contribution in [1.82, 2.24) is 20.1 Å². The Bertz CT molecular complexity index is 1440. The lowest BCUT2D eigenvalue weighted by atomic mass is 10.1. The van der Waals surface area contributed by atoms with Crippen molar-refractivity contribution >= 4 is 11.6 Å². The lowest BCUT2D eigenvalue weighted by Gasteiger charge is -2.24. The molecule has 2 aromatic carbocycles. The lowest BCUT2D eigenvalue weighted by molar-refractivity contribution is -0.159. The molecule has 0 spiro atoms. The molecule has 4 aromatic rings. The fourth-order valence-electron chi connectivity index (χ4n) is 4.08. The Hall–Kier alpha value is -4.29. The number of alkyl halides is 6. The minimum Gasteiger partial charge on any atom is -0.329 e. The molecule has 2 atom stereocenters. The molecule has 1 amide bonds. The topological polar surface area (TPSA) is 85.0 Å². The van der Waals surface area contributed by atoms with Crippen molar-refractivity contribution in [3.05, 3.63) is 89.8 Å². The standard InChI is InChI=1S/C25H17F6N5O2/c26-24(27,28)17-2-1-3-18(8-17)36(22(37)20-9-19(20)16-10-32-13-33-11-16)12-14-4-6-15(7-5-14)21-34-23(38-35-21)25(29,30)31/h1-8,10-11,13,19-20H,9,12H2.